The van der Waals surface area contributed by atoms with E-state index in [1.165, 1.54) is 0 Å². The summed E-state index contributed by atoms with van der Waals surface area (Å²) < 4.78 is 37.2. The average molecular weight is 226 g/mol. The average Bonchev–Trinajstić information content (AvgIpc) is 2.01. The molecule has 0 spiro atoms. The number of carbonyl (C=O) groups is 1. The summed E-state index contributed by atoms with van der Waals surface area (Å²) in [4.78, 5) is 22.9. The van der Waals surface area contributed by atoms with E-state index in [0.717, 1.165) is 0 Å². The van der Waals surface area contributed by atoms with Gasteiger partial charge in [0.05, 0.1) is 5.56 Å². The predicted octanol–water partition coefficient (Wildman–Crippen LogP) is 1.83. The van der Waals surface area contributed by atoms with E-state index in [0.29, 0.717) is 6.07 Å². The molecule has 0 radical (unpaired) electrons. The molecule has 0 fully saturated rings. The van der Waals surface area contributed by atoms with Gasteiger partial charge in [-0.3, -0.25) is 9.59 Å². The van der Waals surface area contributed by atoms with Crippen molar-refractivity contribution in [3.8, 4) is 0 Å². The highest BCUT2D eigenvalue weighted by atomic mass is 35.5. The maximum absolute atomic E-state index is 12.8. The fourth-order valence-electron chi connectivity index (χ4n) is 0.907. The molecule has 0 saturated heterocycles. The minimum atomic E-state index is -3.22. The lowest BCUT2D eigenvalue weighted by Crippen LogP contribution is -2.15. The second-order valence-electron chi connectivity index (χ2n) is 2.34. The maximum Gasteiger partial charge on any atom is 0.269 e. The zero-order valence-corrected chi connectivity index (χ0v) is 7.24. The van der Waals surface area contributed by atoms with Crippen LogP contribution in [0.25, 0.3) is 0 Å². The van der Waals surface area contributed by atoms with Gasteiger partial charge in [0.25, 0.3) is 17.2 Å². The molecule has 1 aromatic rings. The van der Waals surface area contributed by atoms with Gasteiger partial charge in [0.15, 0.2) is 0 Å². The summed E-state index contributed by atoms with van der Waals surface area (Å²) in [6, 6.07) is 0.324. The Morgan fingerprint density at radius 1 is 1.50 bits per heavy atom. The summed E-state index contributed by atoms with van der Waals surface area (Å²) in [6.45, 7) is 0. The van der Waals surface area contributed by atoms with Crippen LogP contribution >= 0.6 is 11.6 Å². The van der Waals surface area contributed by atoms with E-state index in [-0.39, 0.29) is 0 Å². The van der Waals surface area contributed by atoms with Gasteiger partial charge >= 0.3 is 0 Å². The van der Waals surface area contributed by atoms with Gasteiger partial charge in [-0.25, -0.2) is 13.2 Å². The van der Waals surface area contributed by atoms with Crippen LogP contribution in [0.4, 0.5) is 13.2 Å². The molecule has 0 aliphatic rings. The van der Waals surface area contributed by atoms with Gasteiger partial charge in [-0.2, -0.15) is 0 Å². The molecule has 14 heavy (non-hydrogen) atoms. The zero-order valence-electron chi connectivity index (χ0n) is 6.48. The summed E-state index contributed by atoms with van der Waals surface area (Å²) in [6.07, 6.45) is -3.22. The van der Waals surface area contributed by atoms with Crippen molar-refractivity contribution >= 4 is 16.8 Å². The molecule has 0 atom stereocenters. The number of halogens is 4. The van der Waals surface area contributed by atoms with Crippen molar-refractivity contribution in [3.63, 3.8) is 0 Å². The number of pyridine rings is 1. The number of carbonyl (C=O) groups excluding carboxylic acids is 1. The topological polar surface area (TPSA) is 49.9 Å². The molecular weight excluding hydrogens is 223 g/mol. The Morgan fingerprint density at radius 2 is 2.07 bits per heavy atom. The number of H-pyrrole nitrogens is 1. The van der Waals surface area contributed by atoms with Crippen molar-refractivity contribution in [1.82, 2.24) is 4.98 Å². The van der Waals surface area contributed by atoms with Crippen LogP contribution in [0.2, 0.25) is 0 Å². The largest absolute Gasteiger partial charge is 0.318 e. The molecule has 1 aromatic heterocycles. The molecule has 1 heterocycles. The normalized spacial score (nSPS) is 10.6. The fraction of sp³-hybridized carbons (Fsp3) is 0.143. The summed E-state index contributed by atoms with van der Waals surface area (Å²) in [5.41, 5.74) is -3.10. The third-order valence-electron chi connectivity index (χ3n) is 1.45. The standard InChI is InChI=1S/C7H3ClF3NO2/c8-6(14)5-4(7(10)11)2(9)1-3(13)12-5/h1,7H,(H,12,13). The van der Waals surface area contributed by atoms with Crippen LogP contribution < -0.4 is 5.56 Å². The number of hydrogen-bond acceptors (Lipinski definition) is 2. The Kier molecular flexibility index (Phi) is 2.95. The molecule has 0 aliphatic carbocycles. The first-order valence-corrected chi connectivity index (χ1v) is 3.72. The minimum Gasteiger partial charge on any atom is -0.318 e. The molecule has 0 saturated carbocycles. The van der Waals surface area contributed by atoms with Crippen LogP contribution in [-0.2, 0) is 0 Å². The first-order valence-electron chi connectivity index (χ1n) is 3.34. The number of alkyl halides is 2. The number of aromatic amines is 1. The second kappa shape index (κ2) is 3.83. The third-order valence-corrected chi connectivity index (χ3v) is 1.64. The molecule has 3 nitrogen and oxygen atoms in total. The SMILES string of the molecule is O=C(Cl)c1[nH]c(=O)cc(F)c1C(F)F. The molecule has 0 unspecified atom stereocenters. The van der Waals surface area contributed by atoms with E-state index in [9.17, 15) is 22.8 Å². The van der Waals surface area contributed by atoms with Crippen LogP contribution in [0.3, 0.4) is 0 Å². The van der Waals surface area contributed by atoms with Gasteiger partial charge in [0, 0.05) is 6.07 Å². The van der Waals surface area contributed by atoms with Crippen molar-refractivity contribution in [3.05, 3.63) is 33.5 Å². The lowest BCUT2D eigenvalue weighted by molar-refractivity contribution is 0.105. The van der Waals surface area contributed by atoms with Crippen LogP contribution in [0.15, 0.2) is 10.9 Å². The molecule has 0 amide bonds. The Hall–Kier alpha value is -1.30. The van der Waals surface area contributed by atoms with Gasteiger partial charge in [0.1, 0.15) is 11.5 Å². The zero-order chi connectivity index (χ0) is 10.9. The van der Waals surface area contributed by atoms with Gasteiger partial charge in [0.2, 0.25) is 0 Å². The predicted molar refractivity (Wildman–Crippen MR) is 42.2 cm³/mol. The van der Waals surface area contributed by atoms with Crippen molar-refractivity contribution < 1.29 is 18.0 Å². The first kappa shape index (κ1) is 10.8. The Morgan fingerprint density at radius 3 is 2.50 bits per heavy atom. The van der Waals surface area contributed by atoms with Crippen molar-refractivity contribution in [2.75, 3.05) is 0 Å². The van der Waals surface area contributed by atoms with E-state index in [1.807, 2.05) is 0 Å². The molecule has 1 N–H and O–H groups in total. The van der Waals surface area contributed by atoms with E-state index < -0.39 is 34.3 Å². The summed E-state index contributed by atoms with van der Waals surface area (Å²) >= 11 is 4.89. The van der Waals surface area contributed by atoms with Crippen LogP contribution in [0, 0.1) is 5.82 Å². The molecule has 76 valence electrons. The third kappa shape index (κ3) is 1.95. The number of rotatable bonds is 2. The van der Waals surface area contributed by atoms with Gasteiger partial charge in [-0.05, 0) is 11.6 Å². The molecule has 0 bridgehead atoms. The molecular formula is C7H3ClF3NO2. The summed E-state index contributed by atoms with van der Waals surface area (Å²) in [5.74, 6) is -1.45. The fourth-order valence-corrected chi connectivity index (χ4v) is 1.06. The maximum atomic E-state index is 12.8. The molecule has 0 aliphatic heterocycles. The van der Waals surface area contributed by atoms with Gasteiger partial charge < -0.3 is 4.98 Å². The first-order chi connectivity index (χ1) is 6.43. The van der Waals surface area contributed by atoms with Crippen molar-refractivity contribution in [1.29, 1.82) is 0 Å². The highest BCUT2D eigenvalue weighted by Crippen LogP contribution is 2.24. The van der Waals surface area contributed by atoms with Gasteiger partial charge in [-0.15, -0.1) is 0 Å². The van der Waals surface area contributed by atoms with E-state index in [4.69, 9.17) is 11.6 Å². The van der Waals surface area contributed by atoms with E-state index in [2.05, 4.69) is 0 Å². The Bertz CT molecular complexity index is 429. The highest BCUT2D eigenvalue weighted by molar-refractivity contribution is 6.67. The van der Waals surface area contributed by atoms with Gasteiger partial charge in [-0.1, -0.05) is 0 Å². The minimum absolute atomic E-state index is 0.324. The lowest BCUT2D eigenvalue weighted by atomic mass is 10.2. The number of hydrogen-bond donors (Lipinski definition) is 1. The van der Waals surface area contributed by atoms with E-state index >= 15 is 0 Å². The second-order valence-corrected chi connectivity index (χ2v) is 2.69. The summed E-state index contributed by atoms with van der Waals surface area (Å²) in [7, 11) is 0. The number of aromatic nitrogens is 1. The van der Waals surface area contributed by atoms with Crippen LogP contribution in [0.5, 0.6) is 0 Å². The Labute approximate surface area is 80.5 Å². The van der Waals surface area contributed by atoms with E-state index in [1.54, 1.807) is 4.98 Å². The molecule has 0 aromatic carbocycles. The van der Waals surface area contributed by atoms with Crippen molar-refractivity contribution in [2.45, 2.75) is 6.43 Å². The smallest absolute Gasteiger partial charge is 0.269 e. The molecule has 1 rings (SSSR count). The summed E-state index contributed by atoms with van der Waals surface area (Å²) in [5, 5.41) is -1.34. The quantitative estimate of drug-likeness (QED) is 0.781. The molecule has 7 heteroatoms. The highest BCUT2D eigenvalue weighted by Gasteiger charge is 2.23. The Balaban J connectivity index is 3.52. The number of nitrogens with one attached hydrogen (secondary N) is 1. The van der Waals surface area contributed by atoms with Crippen molar-refractivity contribution in [2.24, 2.45) is 0 Å². The monoisotopic (exact) mass is 225 g/mol. The lowest BCUT2D eigenvalue weighted by Gasteiger charge is -2.04. The van der Waals surface area contributed by atoms with Crippen LogP contribution in [0.1, 0.15) is 22.5 Å². The van der Waals surface area contributed by atoms with Crippen LogP contribution in [-0.4, -0.2) is 10.2 Å².